The lowest BCUT2D eigenvalue weighted by Gasteiger charge is -2.31. The predicted molar refractivity (Wildman–Crippen MR) is 85.5 cm³/mol. The number of non-ortho nitro benzene ring substituents is 1. The molecule has 0 heterocycles. The van der Waals surface area contributed by atoms with Crippen LogP contribution in [0.15, 0.2) is 24.3 Å². The maximum absolute atomic E-state index is 12.2. The molecule has 0 N–H and O–H groups in total. The minimum absolute atomic E-state index is 0.0899. The van der Waals surface area contributed by atoms with Crippen molar-refractivity contribution >= 4 is 17.6 Å². The molecule has 130 valence electrons. The first kappa shape index (κ1) is 17.9. The lowest BCUT2D eigenvalue weighted by atomic mass is 9.94. The van der Waals surface area contributed by atoms with Crippen molar-refractivity contribution in [2.45, 2.75) is 51.7 Å². The Morgan fingerprint density at radius 1 is 1.08 bits per heavy atom. The van der Waals surface area contributed by atoms with Gasteiger partial charge in [0.15, 0.2) is 0 Å². The number of hydrogen-bond donors (Lipinski definition) is 0. The van der Waals surface area contributed by atoms with Crippen LogP contribution in [0.25, 0.3) is 0 Å². The normalized spacial score (nSPS) is 20.5. The first-order chi connectivity index (χ1) is 11.4. The number of nitro benzene ring substituents is 1. The summed E-state index contributed by atoms with van der Waals surface area (Å²) in [6.07, 6.45) is 2.20. The van der Waals surface area contributed by atoms with Gasteiger partial charge in [-0.3, -0.25) is 14.9 Å². The molecule has 1 aliphatic rings. The second kappa shape index (κ2) is 7.90. The van der Waals surface area contributed by atoms with Crippen LogP contribution in [-0.4, -0.2) is 29.1 Å². The number of carbonyl (C=O) groups is 2. The van der Waals surface area contributed by atoms with E-state index in [4.69, 9.17) is 9.47 Å². The SMILES string of the molecule is CC(C)C(=O)O[C@H]1CCCC[C@H]1OC(=O)c1ccc([N+](=O)[O-])cc1. The van der Waals surface area contributed by atoms with Crippen molar-refractivity contribution in [2.24, 2.45) is 5.92 Å². The quantitative estimate of drug-likeness (QED) is 0.465. The molecule has 0 saturated heterocycles. The van der Waals surface area contributed by atoms with Crippen LogP contribution in [0.1, 0.15) is 49.9 Å². The van der Waals surface area contributed by atoms with E-state index in [-0.39, 0.29) is 23.1 Å². The number of nitro groups is 1. The van der Waals surface area contributed by atoms with E-state index in [2.05, 4.69) is 0 Å². The zero-order valence-corrected chi connectivity index (χ0v) is 13.8. The first-order valence-electron chi connectivity index (χ1n) is 8.04. The van der Waals surface area contributed by atoms with Gasteiger partial charge in [-0.1, -0.05) is 13.8 Å². The molecule has 2 atom stereocenters. The maximum atomic E-state index is 12.2. The van der Waals surface area contributed by atoms with Gasteiger partial charge in [0.2, 0.25) is 0 Å². The summed E-state index contributed by atoms with van der Waals surface area (Å²) >= 11 is 0. The van der Waals surface area contributed by atoms with E-state index >= 15 is 0 Å². The summed E-state index contributed by atoms with van der Waals surface area (Å²) in [6, 6.07) is 5.23. The summed E-state index contributed by atoms with van der Waals surface area (Å²) in [6.45, 7) is 3.51. The molecule has 0 radical (unpaired) electrons. The van der Waals surface area contributed by atoms with Gasteiger partial charge in [-0.25, -0.2) is 4.79 Å². The number of hydrogen-bond acceptors (Lipinski definition) is 6. The van der Waals surface area contributed by atoms with E-state index in [1.807, 2.05) is 0 Å². The van der Waals surface area contributed by atoms with Crippen molar-refractivity contribution in [1.29, 1.82) is 0 Å². The molecule has 0 amide bonds. The van der Waals surface area contributed by atoms with Crippen molar-refractivity contribution in [2.75, 3.05) is 0 Å². The van der Waals surface area contributed by atoms with Crippen LogP contribution in [-0.2, 0) is 14.3 Å². The Kier molecular flexibility index (Phi) is 5.89. The molecule has 1 aromatic carbocycles. The monoisotopic (exact) mass is 335 g/mol. The summed E-state index contributed by atoms with van der Waals surface area (Å²) in [5.41, 5.74) is 0.146. The van der Waals surface area contributed by atoms with E-state index < -0.39 is 23.1 Å². The van der Waals surface area contributed by atoms with E-state index in [9.17, 15) is 19.7 Å². The molecule has 24 heavy (non-hydrogen) atoms. The minimum atomic E-state index is -0.567. The largest absolute Gasteiger partial charge is 0.458 e. The Balaban J connectivity index is 2.02. The summed E-state index contributed by atoms with van der Waals surface area (Å²) in [7, 11) is 0. The molecule has 1 fully saturated rings. The lowest BCUT2D eigenvalue weighted by Crippen LogP contribution is -2.38. The third-order valence-electron chi connectivity index (χ3n) is 3.95. The van der Waals surface area contributed by atoms with Crippen LogP contribution in [0.4, 0.5) is 5.69 Å². The highest BCUT2D eigenvalue weighted by atomic mass is 16.6. The molecule has 1 aromatic rings. The Labute approximate surface area is 140 Å². The van der Waals surface area contributed by atoms with Crippen LogP contribution in [0, 0.1) is 16.0 Å². The van der Waals surface area contributed by atoms with Crippen LogP contribution < -0.4 is 0 Å². The van der Waals surface area contributed by atoms with Gasteiger partial charge >= 0.3 is 11.9 Å². The number of rotatable bonds is 5. The Morgan fingerprint density at radius 2 is 1.62 bits per heavy atom. The molecule has 0 aromatic heterocycles. The number of benzene rings is 1. The number of esters is 2. The van der Waals surface area contributed by atoms with Gasteiger partial charge in [0.25, 0.3) is 5.69 Å². The summed E-state index contributed by atoms with van der Waals surface area (Å²) in [5, 5.41) is 10.6. The van der Waals surface area contributed by atoms with E-state index in [1.54, 1.807) is 13.8 Å². The van der Waals surface area contributed by atoms with E-state index in [0.717, 1.165) is 12.8 Å². The fourth-order valence-corrected chi connectivity index (χ4v) is 2.54. The van der Waals surface area contributed by atoms with Crippen molar-refractivity contribution < 1.29 is 24.0 Å². The van der Waals surface area contributed by atoms with Crippen LogP contribution in [0.2, 0.25) is 0 Å². The van der Waals surface area contributed by atoms with Crippen molar-refractivity contribution in [3.63, 3.8) is 0 Å². The van der Waals surface area contributed by atoms with Gasteiger partial charge in [-0.05, 0) is 37.8 Å². The van der Waals surface area contributed by atoms with Crippen molar-refractivity contribution in [1.82, 2.24) is 0 Å². The summed E-state index contributed by atoms with van der Waals surface area (Å²) < 4.78 is 10.9. The second-order valence-corrected chi connectivity index (χ2v) is 6.16. The highest BCUT2D eigenvalue weighted by Gasteiger charge is 2.32. The topological polar surface area (TPSA) is 95.7 Å². The van der Waals surface area contributed by atoms with Gasteiger partial charge < -0.3 is 9.47 Å². The molecule has 2 rings (SSSR count). The second-order valence-electron chi connectivity index (χ2n) is 6.16. The zero-order chi connectivity index (χ0) is 17.7. The Morgan fingerprint density at radius 3 is 2.12 bits per heavy atom. The van der Waals surface area contributed by atoms with Gasteiger partial charge in [0.1, 0.15) is 12.2 Å². The molecule has 0 unspecified atom stereocenters. The van der Waals surface area contributed by atoms with Gasteiger partial charge in [0.05, 0.1) is 16.4 Å². The highest BCUT2D eigenvalue weighted by Crippen LogP contribution is 2.26. The third kappa shape index (κ3) is 4.53. The molecular formula is C17H21NO6. The third-order valence-corrected chi connectivity index (χ3v) is 3.95. The van der Waals surface area contributed by atoms with Crippen LogP contribution >= 0.6 is 0 Å². The van der Waals surface area contributed by atoms with Crippen molar-refractivity contribution in [3.05, 3.63) is 39.9 Å². The zero-order valence-electron chi connectivity index (χ0n) is 13.8. The average Bonchev–Trinajstić information content (AvgIpc) is 2.56. The van der Waals surface area contributed by atoms with Gasteiger partial charge in [0, 0.05) is 12.1 Å². The number of ether oxygens (including phenoxy) is 2. The fraction of sp³-hybridized carbons (Fsp3) is 0.529. The molecule has 0 bridgehead atoms. The minimum Gasteiger partial charge on any atom is -0.458 e. The fourth-order valence-electron chi connectivity index (χ4n) is 2.54. The van der Waals surface area contributed by atoms with E-state index in [1.165, 1.54) is 24.3 Å². The van der Waals surface area contributed by atoms with E-state index in [0.29, 0.717) is 12.8 Å². The smallest absolute Gasteiger partial charge is 0.338 e. The summed E-state index contributed by atoms with van der Waals surface area (Å²) in [5.74, 6) is -1.11. The molecule has 1 aliphatic carbocycles. The molecule has 7 heteroatoms. The highest BCUT2D eigenvalue weighted by molar-refractivity contribution is 5.89. The lowest BCUT2D eigenvalue weighted by molar-refractivity contribution is -0.384. The molecule has 7 nitrogen and oxygen atoms in total. The van der Waals surface area contributed by atoms with Gasteiger partial charge in [-0.15, -0.1) is 0 Å². The number of nitrogens with zero attached hydrogens (tertiary/aromatic N) is 1. The summed E-state index contributed by atoms with van der Waals surface area (Å²) in [4.78, 5) is 34.1. The maximum Gasteiger partial charge on any atom is 0.338 e. The first-order valence-corrected chi connectivity index (χ1v) is 8.04. The van der Waals surface area contributed by atoms with Crippen LogP contribution in [0.5, 0.6) is 0 Å². The molecule has 0 spiro atoms. The predicted octanol–water partition coefficient (Wildman–Crippen LogP) is 3.26. The van der Waals surface area contributed by atoms with Crippen molar-refractivity contribution in [3.8, 4) is 0 Å². The molecule has 1 saturated carbocycles. The number of carbonyl (C=O) groups excluding carboxylic acids is 2. The van der Waals surface area contributed by atoms with Crippen LogP contribution in [0.3, 0.4) is 0 Å². The molecule has 0 aliphatic heterocycles. The Hall–Kier alpha value is -2.44. The average molecular weight is 335 g/mol. The van der Waals surface area contributed by atoms with Gasteiger partial charge in [-0.2, -0.15) is 0 Å². The Bertz CT molecular complexity index is 610. The standard InChI is InChI=1S/C17H21NO6/c1-11(2)16(19)23-14-5-3-4-6-15(14)24-17(20)12-7-9-13(10-8-12)18(21)22/h7-11,14-15H,3-6H2,1-2H3/t14-,15+/m0/s1. The molecular weight excluding hydrogens is 314 g/mol.